The Morgan fingerprint density at radius 1 is 0.857 bits per heavy atom. The first kappa shape index (κ1) is 13.4. The number of rotatable bonds is 4. The highest BCUT2D eigenvalue weighted by Crippen LogP contribution is 2.17. The highest BCUT2D eigenvalue weighted by atomic mass is 16.1. The van der Waals surface area contributed by atoms with E-state index < -0.39 is 0 Å². The van der Waals surface area contributed by atoms with Gasteiger partial charge in [-0.05, 0) is 5.56 Å². The molecule has 1 saturated heterocycles. The maximum atomic E-state index is 12.8. The molecule has 21 heavy (non-hydrogen) atoms. The lowest BCUT2D eigenvalue weighted by atomic mass is 9.97. The summed E-state index contributed by atoms with van der Waals surface area (Å²) in [5, 5.41) is 6.55. The van der Waals surface area contributed by atoms with Crippen molar-refractivity contribution >= 4 is 5.78 Å². The fourth-order valence-electron chi connectivity index (χ4n) is 2.50. The molecular formula is C18H18N2O. The quantitative estimate of drug-likeness (QED) is 0.667. The van der Waals surface area contributed by atoms with Crippen LogP contribution in [0.3, 0.4) is 0 Å². The molecule has 2 aromatic carbocycles. The Bertz CT molecular complexity index is 639. The van der Waals surface area contributed by atoms with E-state index in [0.717, 1.165) is 35.6 Å². The van der Waals surface area contributed by atoms with Gasteiger partial charge < -0.3 is 10.6 Å². The summed E-state index contributed by atoms with van der Waals surface area (Å²) < 4.78 is 0. The maximum Gasteiger partial charge on any atom is 0.192 e. The molecular weight excluding hydrogens is 260 g/mol. The van der Waals surface area contributed by atoms with Gasteiger partial charge in [0, 0.05) is 30.6 Å². The summed E-state index contributed by atoms with van der Waals surface area (Å²) in [5.74, 6) is 0.948. The van der Waals surface area contributed by atoms with Crippen LogP contribution in [0, 0.1) is 0 Å². The van der Waals surface area contributed by atoms with Crippen LogP contribution in [0.4, 0.5) is 0 Å². The number of benzene rings is 2. The first-order valence-corrected chi connectivity index (χ1v) is 7.19. The average molecular weight is 278 g/mol. The standard InChI is InChI=1S/C18H18N2O/c21-17(15-9-5-2-6-10-15)16(18-19-11-12-20-18)13-14-7-3-1-4-8-14/h1-10,19-20H,11-13H2. The Morgan fingerprint density at radius 2 is 1.43 bits per heavy atom. The van der Waals surface area contributed by atoms with Gasteiger partial charge in [0.25, 0.3) is 0 Å². The zero-order valence-electron chi connectivity index (χ0n) is 11.8. The van der Waals surface area contributed by atoms with E-state index in [-0.39, 0.29) is 5.78 Å². The minimum absolute atomic E-state index is 0.0800. The lowest BCUT2D eigenvalue weighted by Crippen LogP contribution is -2.20. The van der Waals surface area contributed by atoms with E-state index in [0.29, 0.717) is 6.42 Å². The Labute approximate surface area is 124 Å². The van der Waals surface area contributed by atoms with Gasteiger partial charge in [-0.15, -0.1) is 0 Å². The maximum absolute atomic E-state index is 12.8. The van der Waals surface area contributed by atoms with Crippen molar-refractivity contribution in [2.45, 2.75) is 6.42 Å². The summed E-state index contributed by atoms with van der Waals surface area (Å²) in [7, 11) is 0. The molecule has 1 aliphatic rings. The molecule has 3 heteroatoms. The Kier molecular flexibility index (Phi) is 4.01. The fourth-order valence-corrected chi connectivity index (χ4v) is 2.50. The van der Waals surface area contributed by atoms with Crippen molar-refractivity contribution < 1.29 is 4.79 Å². The molecule has 1 heterocycles. The molecule has 0 bridgehead atoms. The third-order valence-electron chi connectivity index (χ3n) is 3.56. The van der Waals surface area contributed by atoms with Crippen molar-refractivity contribution in [1.29, 1.82) is 0 Å². The second-order valence-electron chi connectivity index (χ2n) is 5.06. The zero-order valence-corrected chi connectivity index (χ0v) is 11.8. The predicted molar refractivity (Wildman–Crippen MR) is 83.9 cm³/mol. The number of nitrogens with one attached hydrogen (secondary N) is 2. The molecule has 0 aromatic heterocycles. The van der Waals surface area contributed by atoms with Crippen LogP contribution in [0.2, 0.25) is 0 Å². The van der Waals surface area contributed by atoms with Crippen molar-refractivity contribution in [2.75, 3.05) is 13.1 Å². The summed E-state index contributed by atoms with van der Waals surface area (Å²) in [5.41, 5.74) is 2.66. The second kappa shape index (κ2) is 6.27. The average Bonchev–Trinajstić information content (AvgIpc) is 3.08. The minimum Gasteiger partial charge on any atom is -0.370 e. The van der Waals surface area contributed by atoms with Crippen molar-refractivity contribution in [2.24, 2.45) is 0 Å². The lowest BCUT2D eigenvalue weighted by molar-refractivity contribution is 0.103. The van der Waals surface area contributed by atoms with Crippen LogP contribution < -0.4 is 10.6 Å². The van der Waals surface area contributed by atoms with E-state index in [1.807, 2.05) is 60.7 Å². The topological polar surface area (TPSA) is 41.1 Å². The van der Waals surface area contributed by atoms with E-state index in [2.05, 4.69) is 10.6 Å². The SMILES string of the molecule is O=C(C(Cc1ccccc1)=C1NCCN1)c1ccccc1. The van der Waals surface area contributed by atoms with Gasteiger partial charge in [0.2, 0.25) is 0 Å². The van der Waals surface area contributed by atoms with Crippen molar-refractivity contribution in [1.82, 2.24) is 10.6 Å². The molecule has 0 saturated carbocycles. The van der Waals surface area contributed by atoms with Crippen LogP contribution in [0.5, 0.6) is 0 Å². The van der Waals surface area contributed by atoms with Crippen molar-refractivity contribution in [3.8, 4) is 0 Å². The smallest absolute Gasteiger partial charge is 0.192 e. The Hall–Kier alpha value is -2.55. The van der Waals surface area contributed by atoms with E-state index >= 15 is 0 Å². The van der Waals surface area contributed by atoms with Gasteiger partial charge in [-0.3, -0.25) is 4.79 Å². The normalized spacial score (nSPS) is 13.4. The molecule has 0 amide bonds. The van der Waals surface area contributed by atoms with Gasteiger partial charge in [0.05, 0.1) is 0 Å². The van der Waals surface area contributed by atoms with Gasteiger partial charge in [0.15, 0.2) is 5.78 Å². The Morgan fingerprint density at radius 3 is 2.05 bits per heavy atom. The number of hydrogen-bond acceptors (Lipinski definition) is 3. The Balaban J connectivity index is 1.94. The molecule has 3 rings (SSSR count). The molecule has 0 atom stereocenters. The van der Waals surface area contributed by atoms with Gasteiger partial charge in [-0.25, -0.2) is 0 Å². The van der Waals surface area contributed by atoms with Crippen molar-refractivity contribution in [3.05, 3.63) is 83.2 Å². The first-order valence-electron chi connectivity index (χ1n) is 7.19. The number of hydrogen-bond donors (Lipinski definition) is 2. The molecule has 0 unspecified atom stereocenters. The first-order chi connectivity index (χ1) is 10.3. The molecule has 0 aliphatic carbocycles. The van der Waals surface area contributed by atoms with E-state index in [9.17, 15) is 4.79 Å². The van der Waals surface area contributed by atoms with Crippen molar-refractivity contribution in [3.63, 3.8) is 0 Å². The van der Waals surface area contributed by atoms with Crippen LogP contribution in [0.25, 0.3) is 0 Å². The molecule has 106 valence electrons. The number of Topliss-reactive ketones (excluding diaryl/α,β-unsaturated/α-hetero) is 1. The molecule has 1 fully saturated rings. The number of ketones is 1. The lowest BCUT2D eigenvalue weighted by Gasteiger charge is -2.12. The number of carbonyl (C=O) groups excluding carboxylic acids is 1. The van der Waals surface area contributed by atoms with Crippen LogP contribution in [0.15, 0.2) is 72.1 Å². The largest absolute Gasteiger partial charge is 0.370 e. The van der Waals surface area contributed by atoms with E-state index in [1.54, 1.807) is 0 Å². The predicted octanol–water partition coefficient (Wildman–Crippen LogP) is 2.52. The third-order valence-corrected chi connectivity index (χ3v) is 3.56. The van der Waals surface area contributed by atoms with Crippen LogP contribution in [-0.2, 0) is 6.42 Å². The fraction of sp³-hybridized carbons (Fsp3) is 0.167. The van der Waals surface area contributed by atoms with Crippen LogP contribution in [-0.4, -0.2) is 18.9 Å². The second-order valence-corrected chi connectivity index (χ2v) is 5.06. The van der Waals surface area contributed by atoms with Crippen LogP contribution in [0.1, 0.15) is 15.9 Å². The summed E-state index contributed by atoms with van der Waals surface area (Å²) in [6.07, 6.45) is 0.629. The molecule has 1 aliphatic heterocycles. The molecule has 0 spiro atoms. The molecule has 2 N–H and O–H groups in total. The third kappa shape index (κ3) is 3.14. The molecule has 0 radical (unpaired) electrons. The monoisotopic (exact) mass is 278 g/mol. The minimum atomic E-state index is 0.0800. The summed E-state index contributed by atoms with van der Waals surface area (Å²) >= 11 is 0. The zero-order chi connectivity index (χ0) is 14.5. The highest BCUT2D eigenvalue weighted by Gasteiger charge is 2.19. The summed E-state index contributed by atoms with van der Waals surface area (Å²) in [6.45, 7) is 1.71. The van der Waals surface area contributed by atoms with Gasteiger partial charge >= 0.3 is 0 Å². The summed E-state index contributed by atoms with van der Waals surface area (Å²) in [4.78, 5) is 12.8. The number of carbonyl (C=O) groups is 1. The van der Waals surface area contributed by atoms with E-state index in [4.69, 9.17) is 0 Å². The summed E-state index contributed by atoms with van der Waals surface area (Å²) in [6, 6.07) is 19.5. The molecule has 3 nitrogen and oxygen atoms in total. The van der Waals surface area contributed by atoms with Crippen LogP contribution >= 0.6 is 0 Å². The van der Waals surface area contributed by atoms with E-state index in [1.165, 1.54) is 0 Å². The number of allylic oxidation sites excluding steroid dienone is 1. The van der Waals surface area contributed by atoms with Gasteiger partial charge in [-0.1, -0.05) is 60.7 Å². The van der Waals surface area contributed by atoms with Gasteiger partial charge in [-0.2, -0.15) is 0 Å². The molecule has 2 aromatic rings. The van der Waals surface area contributed by atoms with Gasteiger partial charge in [0.1, 0.15) is 5.82 Å². The highest BCUT2D eigenvalue weighted by molar-refractivity contribution is 6.09.